The van der Waals surface area contributed by atoms with Crippen LogP contribution in [-0.4, -0.2) is 75.3 Å². The number of rotatable bonds is 11. The molecule has 0 bridgehead atoms. The Balaban J connectivity index is 0.00000507. The summed E-state index contributed by atoms with van der Waals surface area (Å²) < 4.78 is 47.2. The van der Waals surface area contributed by atoms with E-state index in [1.165, 1.54) is 17.2 Å². The van der Waals surface area contributed by atoms with Crippen molar-refractivity contribution in [3.05, 3.63) is 12.7 Å². The van der Waals surface area contributed by atoms with Gasteiger partial charge in [-0.25, -0.2) is 15.0 Å². The van der Waals surface area contributed by atoms with Gasteiger partial charge in [0.1, 0.15) is 24.6 Å². The van der Waals surface area contributed by atoms with Gasteiger partial charge in [-0.15, -0.1) is 0 Å². The predicted octanol–water partition coefficient (Wildman–Crippen LogP) is -9.69. The second kappa shape index (κ2) is 16.5. The number of hydrogen-bond acceptors (Lipinski definition) is 15. The molecule has 4 unspecified atom stereocenters. The Hall–Kier alpha value is 2.64. The number of alkyl halides is 2. The van der Waals surface area contributed by atoms with E-state index in [2.05, 4.69) is 55.6 Å². The van der Waals surface area contributed by atoms with Gasteiger partial charge >= 0.3 is 88.7 Å². The molecule has 1 saturated heterocycles. The molecule has 25 heteroatoms. The van der Waals surface area contributed by atoms with Gasteiger partial charge in [-0.05, 0) is 13.8 Å². The molecule has 0 aliphatic carbocycles. The summed E-state index contributed by atoms with van der Waals surface area (Å²) in [6.07, 6.45) is -3.58. The molecule has 3 N–H and O–H groups in total. The summed E-state index contributed by atoms with van der Waals surface area (Å²) in [6, 6.07) is 0. The SMILES string of the molecule is CCN(CC)c1ncnc2c1ncn2[C@@H]1O[C@H](COP(=O)([O-])OP(=O)([O-])C(Br)(Br)P(=O)([O-])O)[C@H](O)C1O.[Na+].[Na+].[Na+]. The smallest absolute Gasteiger partial charge is 0.777 e. The summed E-state index contributed by atoms with van der Waals surface area (Å²) in [6.45, 7) is 4.05. The van der Waals surface area contributed by atoms with Gasteiger partial charge in [0.2, 0.25) is 2.72 Å². The molecule has 17 nitrogen and oxygen atoms in total. The molecule has 2 aromatic heterocycles. The molecule has 3 rings (SSSR count). The van der Waals surface area contributed by atoms with Crippen LogP contribution in [0.2, 0.25) is 0 Å². The second-order valence-corrected chi connectivity index (χ2v) is 19.0. The normalized spacial score (nSPS) is 25.4. The van der Waals surface area contributed by atoms with Crippen molar-refractivity contribution in [2.45, 2.75) is 41.1 Å². The monoisotopic (exact) mass is 783 g/mol. The minimum absolute atomic E-state index is 0. The summed E-state index contributed by atoms with van der Waals surface area (Å²) >= 11 is 4.28. The first kappa shape index (κ1) is 42.6. The number of aliphatic hydroxyl groups is 2. The molecule has 210 valence electrons. The Bertz CT molecular complexity index is 1290. The minimum atomic E-state index is -5.95. The first-order chi connectivity index (χ1) is 17.0. The molecule has 1 aliphatic heterocycles. The topological polar surface area (TPSA) is 256 Å². The number of fused-ring (bicyclic) bond motifs is 1. The fourth-order valence-corrected chi connectivity index (χ4v) is 8.10. The van der Waals surface area contributed by atoms with Gasteiger partial charge < -0.3 is 53.1 Å². The van der Waals surface area contributed by atoms with E-state index in [4.69, 9.17) is 9.63 Å². The van der Waals surface area contributed by atoms with E-state index in [0.717, 1.165) is 0 Å². The molecule has 0 aromatic carbocycles. The first-order valence-corrected chi connectivity index (χ1v) is 16.5. The average Bonchev–Trinajstić information content (AvgIpc) is 3.33. The summed E-state index contributed by atoms with van der Waals surface area (Å²) in [4.78, 5) is 59.0. The molecule has 0 saturated carbocycles. The van der Waals surface area contributed by atoms with Gasteiger partial charge in [0.15, 0.2) is 38.4 Å². The number of anilines is 1. The van der Waals surface area contributed by atoms with Crippen molar-refractivity contribution in [3.8, 4) is 0 Å². The third-order valence-corrected chi connectivity index (χ3v) is 15.5. The van der Waals surface area contributed by atoms with Crippen molar-refractivity contribution in [1.82, 2.24) is 19.5 Å². The number of phosphoric acid groups is 1. The molecule has 0 spiro atoms. The fraction of sp³-hybridized carbons (Fsp3) is 0.667. The molecule has 40 heavy (non-hydrogen) atoms. The van der Waals surface area contributed by atoms with Crippen molar-refractivity contribution < 1.29 is 146 Å². The molecule has 0 amide bonds. The zero-order valence-electron chi connectivity index (χ0n) is 21.9. The van der Waals surface area contributed by atoms with Crippen molar-refractivity contribution >= 4 is 71.9 Å². The van der Waals surface area contributed by atoms with Crippen LogP contribution in [0.1, 0.15) is 20.1 Å². The number of imidazole rings is 1. The zero-order valence-corrected chi connectivity index (χ0v) is 33.8. The molecular weight excluding hydrogens is 764 g/mol. The van der Waals surface area contributed by atoms with E-state index < -0.39 is 56.9 Å². The molecule has 1 fully saturated rings. The third kappa shape index (κ3) is 9.13. The zero-order chi connectivity index (χ0) is 28.0. The van der Waals surface area contributed by atoms with E-state index >= 15 is 0 Å². The second-order valence-electron chi connectivity index (χ2n) is 7.59. The Morgan fingerprint density at radius 3 is 2.17 bits per heavy atom. The van der Waals surface area contributed by atoms with E-state index in [9.17, 15) is 38.6 Å². The van der Waals surface area contributed by atoms with Crippen molar-refractivity contribution in [3.63, 3.8) is 0 Å². The van der Waals surface area contributed by atoms with Gasteiger partial charge in [0.25, 0.3) is 7.82 Å². The Morgan fingerprint density at radius 2 is 1.65 bits per heavy atom. The van der Waals surface area contributed by atoms with Crippen LogP contribution < -0.4 is 108 Å². The van der Waals surface area contributed by atoms with Crippen LogP contribution in [0.5, 0.6) is 0 Å². The predicted molar refractivity (Wildman–Crippen MR) is 127 cm³/mol. The number of ether oxygens (including phenoxy) is 1. The van der Waals surface area contributed by atoms with Crippen LogP contribution in [0.25, 0.3) is 11.2 Å². The Labute approximate surface area is 311 Å². The quantitative estimate of drug-likeness (QED) is 0.109. The van der Waals surface area contributed by atoms with Gasteiger partial charge in [0, 0.05) is 13.1 Å². The van der Waals surface area contributed by atoms with E-state index in [1.807, 2.05) is 18.7 Å². The van der Waals surface area contributed by atoms with E-state index in [1.54, 1.807) is 0 Å². The molecule has 7 atom stereocenters. The number of phosphoric ester groups is 1. The summed E-state index contributed by atoms with van der Waals surface area (Å²) in [5.74, 6) is 0.522. The summed E-state index contributed by atoms with van der Waals surface area (Å²) in [7, 11) is -17.5. The van der Waals surface area contributed by atoms with Gasteiger partial charge in [-0.2, -0.15) is 0 Å². The van der Waals surface area contributed by atoms with Crippen LogP contribution in [0, 0.1) is 0 Å². The standard InChI is InChI=1S/C15H24Br2N5O12P3.3Na/c1-3-21(4-2)12-9-13(19-6-18-12)22(7-20-9)14-11(24)10(23)8(33-14)5-32-37(30,31)34-36(28,29)15(16,17)35(25,26)27;;;/h6-8,10-11,14,23-24H,3-5H2,1-2H3,(H,28,29)(H,30,31)(H2,25,26,27);;;/q;3*+1/p-3/t8-,10+,11?,14-;;;/m1.../s1. The first-order valence-electron chi connectivity index (χ1n) is 10.3. The molecular formula is C15H21Br2N5Na3O12P3. The third-order valence-electron chi connectivity index (χ3n) is 5.29. The van der Waals surface area contributed by atoms with Crippen LogP contribution in [0.4, 0.5) is 5.82 Å². The van der Waals surface area contributed by atoms with E-state index in [-0.39, 0.29) is 94.3 Å². The van der Waals surface area contributed by atoms with Crippen LogP contribution in [0.3, 0.4) is 0 Å². The maximum Gasteiger partial charge on any atom is 1.00 e. The number of aromatic nitrogens is 4. The largest absolute Gasteiger partial charge is 1.00 e. The maximum atomic E-state index is 12.1. The van der Waals surface area contributed by atoms with Gasteiger partial charge in [0.05, 0.1) is 12.9 Å². The minimum Gasteiger partial charge on any atom is -0.777 e. The summed E-state index contributed by atoms with van der Waals surface area (Å²) in [5, 5.41) is 20.9. The van der Waals surface area contributed by atoms with Gasteiger partial charge in [-0.3, -0.25) is 13.4 Å². The van der Waals surface area contributed by atoms with Crippen molar-refractivity contribution in [2.75, 3.05) is 24.6 Å². The number of hydrogen-bond donors (Lipinski definition) is 3. The van der Waals surface area contributed by atoms with Gasteiger partial charge in [-0.1, -0.05) is 31.9 Å². The maximum absolute atomic E-state index is 12.1. The van der Waals surface area contributed by atoms with E-state index in [0.29, 0.717) is 24.4 Å². The number of nitrogens with zero attached hydrogens (tertiary/aromatic N) is 5. The molecule has 2 aromatic rings. The average molecular weight is 785 g/mol. The van der Waals surface area contributed by atoms with Crippen LogP contribution in [0.15, 0.2) is 12.7 Å². The van der Waals surface area contributed by atoms with Crippen molar-refractivity contribution in [2.24, 2.45) is 0 Å². The van der Waals surface area contributed by atoms with Crippen molar-refractivity contribution in [1.29, 1.82) is 0 Å². The molecule has 1 aliphatic rings. The Morgan fingerprint density at radius 1 is 1.07 bits per heavy atom. The summed E-state index contributed by atoms with van der Waals surface area (Å²) in [5.41, 5.74) is 0.629. The molecule has 3 heterocycles. The van der Waals surface area contributed by atoms with Crippen LogP contribution in [-0.2, 0) is 27.3 Å². The number of aliphatic hydroxyl groups excluding tert-OH is 2. The molecule has 0 radical (unpaired) electrons. The Kier molecular flexibility index (Phi) is 17.5. The number of halogens is 2. The van der Waals surface area contributed by atoms with Crippen LogP contribution >= 0.6 is 54.9 Å². The fourth-order valence-electron chi connectivity index (χ4n) is 3.40.